The second-order valence-electron chi connectivity index (χ2n) is 7.77. The Hall–Kier alpha value is -0.730. The largest absolute Gasteiger partial charge is 0.387 e. The van der Waals surface area contributed by atoms with Gasteiger partial charge in [0.1, 0.15) is 5.82 Å². The Morgan fingerprint density at radius 2 is 1.92 bits per heavy atom. The number of halogens is 2. The van der Waals surface area contributed by atoms with Crippen molar-refractivity contribution in [3.63, 3.8) is 0 Å². The van der Waals surface area contributed by atoms with Crippen LogP contribution in [0.2, 0.25) is 0 Å². The first-order chi connectivity index (χ1) is 11.6. The number of β-amino-alcohol motifs (C(OH)–C–C–N with tert-alkyl or cyclic N) is 1. The van der Waals surface area contributed by atoms with Crippen LogP contribution in [-0.4, -0.2) is 30.9 Å². The number of sulfonamides is 1. The average molecular weight is 409 g/mol. The van der Waals surface area contributed by atoms with Crippen LogP contribution in [0.3, 0.4) is 0 Å². The lowest BCUT2D eigenvalue weighted by molar-refractivity contribution is 0.151. The van der Waals surface area contributed by atoms with Gasteiger partial charge in [-0.3, -0.25) is 0 Å². The van der Waals surface area contributed by atoms with E-state index in [0.717, 1.165) is 19.3 Å². The van der Waals surface area contributed by atoms with Crippen LogP contribution in [0.1, 0.15) is 57.6 Å². The minimum atomic E-state index is -3.43. The van der Waals surface area contributed by atoms with Crippen molar-refractivity contribution in [2.24, 2.45) is 11.1 Å². The molecule has 0 aromatic heterocycles. The van der Waals surface area contributed by atoms with E-state index in [2.05, 4.69) is 19.2 Å². The molecule has 0 heterocycles. The van der Waals surface area contributed by atoms with Gasteiger partial charge < -0.3 is 10.4 Å². The molecule has 5 nitrogen and oxygen atoms in total. The maximum Gasteiger partial charge on any atom is 0.211 e. The summed E-state index contributed by atoms with van der Waals surface area (Å²) in [5.74, 6) is 0.0780. The minimum absolute atomic E-state index is 0. The molecular formula is C18H30ClFN2O3S. The molecule has 1 unspecified atom stereocenters. The summed E-state index contributed by atoms with van der Waals surface area (Å²) in [6, 6.07) is 5.99. The highest BCUT2D eigenvalue weighted by Crippen LogP contribution is 2.33. The van der Waals surface area contributed by atoms with Gasteiger partial charge in [0.05, 0.1) is 11.4 Å². The zero-order chi connectivity index (χ0) is 18.7. The Labute approximate surface area is 162 Å². The zero-order valence-electron chi connectivity index (χ0n) is 15.3. The summed E-state index contributed by atoms with van der Waals surface area (Å²) in [7, 11) is -3.43. The van der Waals surface area contributed by atoms with Gasteiger partial charge >= 0.3 is 0 Å². The van der Waals surface area contributed by atoms with Crippen molar-refractivity contribution in [1.82, 2.24) is 5.32 Å². The van der Waals surface area contributed by atoms with Crippen molar-refractivity contribution in [2.45, 2.75) is 62.8 Å². The molecule has 4 N–H and O–H groups in total. The number of benzene rings is 1. The molecule has 0 aliphatic heterocycles. The fourth-order valence-corrected chi connectivity index (χ4v) is 4.59. The summed E-state index contributed by atoms with van der Waals surface area (Å²) >= 11 is 0. The number of hydrogen-bond acceptors (Lipinski definition) is 4. The van der Waals surface area contributed by atoms with E-state index in [1.165, 1.54) is 12.1 Å². The number of rotatable bonds is 7. The Bertz CT molecular complexity index is 677. The summed E-state index contributed by atoms with van der Waals surface area (Å²) in [5.41, 5.74) is 0.352. The fourth-order valence-electron chi connectivity index (χ4n) is 3.66. The highest BCUT2D eigenvalue weighted by Gasteiger charge is 2.31. The summed E-state index contributed by atoms with van der Waals surface area (Å²) in [6.07, 6.45) is 3.04. The van der Waals surface area contributed by atoms with E-state index in [1.54, 1.807) is 12.1 Å². The first-order valence-corrected chi connectivity index (χ1v) is 10.4. The third kappa shape index (κ3) is 7.12. The molecule has 8 heteroatoms. The van der Waals surface area contributed by atoms with Crippen LogP contribution in [0.15, 0.2) is 24.3 Å². The second-order valence-corrected chi connectivity index (χ2v) is 9.62. The number of hydrogen-bond donors (Lipinski definition) is 3. The maximum atomic E-state index is 13.2. The van der Waals surface area contributed by atoms with Crippen molar-refractivity contribution >= 4 is 22.4 Å². The molecular weight excluding hydrogens is 379 g/mol. The van der Waals surface area contributed by atoms with E-state index in [0.29, 0.717) is 30.9 Å². The SMILES string of the molecule is CC(C)(CC1CCC(S(N)(=O)=O)CC1)NCC(O)c1cccc(F)c1.Cl. The van der Waals surface area contributed by atoms with Crippen LogP contribution in [0, 0.1) is 11.7 Å². The predicted octanol–water partition coefficient (Wildman–Crippen LogP) is 2.89. The van der Waals surface area contributed by atoms with Gasteiger partial charge in [0.25, 0.3) is 0 Å². The smallest absolute Gasteiger partial charge is 0.211 e. The molecule has 1 atom stereocenters. The molecule has 1 aromatic carbocycles. The zero-order valence-corrected chi connectivity index (χ0v) is 17.0. The van der Waals surface area contributed by atoms with E-state index in [1.807, 2.05) is 0 Å². The van der Waals surface area contributed by atoms with Crippen molar-refractivity contribution in [1.29, 1.82) is 0 Å². The topological polar surface area (TPSA) is 92.4 Å². The van der Waals surface area contributed by atoms with Crippen molar-refractivity contribution in [3.05, 3.63) is 35.6 Å². The first kappa shape index (κ1) is 23.3. The van der Waals surface area contributed by atoms with Crippen LogP contribution in [0.25, 0.3) is 0 Å². The highest BCUT2D eigenvalue weighted by molar-refractivity contribution is 7.89. The van der Waals surface area contributed by atoms with Gasteiger partial charge in [-0.2, -0.15) is 0 Å². The molecule has 1 fully saturated rings. The van der Waals surface area contributed by atoms with Gasteiger partial charge in [-0.1, -0.05) is 12.1 Å². The van der Waals surface area contributed by atoms with Crippen LogP contribution >= 0.6 is 12.4 Å². The summed E-state index contributed by atoms with van der Waals surface area (Å²) in [4.78, 5) is 0. The maximum absolute atomic E-state index is 13.2. The van der Waals surface area contributed by atoms with Gasteiger partial charge in [0, 0.05) is 12.1 Å². The molecule has 150 valence electrons. The quantitative estimate of drug-likeness (QED) is 0.646. The molecule has 1 aliphatic rings. The third-order valence-corrected chi connectivity index (χ3v) is 6.47. The molecule has 1 aliphatic carbocycles. The minimum Gasteiger partial charge on any atom is -0.387 e. The molecule has 1 aromatic rings. The van der Waals surface area contributed by atoms with Gasteiger partial charge in [0.2, 0.25) is 10.0 Å². The Morgan fingerprint density at radius 1 is 1.31 bits per heavy atom. The highest BCUT2D eigenvalue weighted by atomic mass is 35.5. The first-order valence-electron chi connectivity index (χ1n) is 8.77. The van der Waals surface area contributed by atoms with Crippen molar-refractivity contribution < 1.29 is 17.9 Å². The summed E-state index contributed by atoms with van der Waals surface area (Å²) in [5, 5.41) is 18.4. The van der Waals surface area contributed by atoms with E-state index in [4.69, 9.17) is 5.14 Å². The monoisotopic (exact) mass is 408 g/mol. The summed E-state index contributed by atoms with van der Waals surface area (Å²) < 4.78 is 36.1. The number of primary sulfonamides is 1. The molecule has 26 heavy (non-hydrogen) atoms. The fraction of sp³-hybridized carbons (Fsp3) is 0.667. The Morgan fingerprint density at radius 3 is 2.46 bits per heavy atom. The lowest BCUT2D eigenvalue weighted by Gasteiger charge is -2.35. The molecule has 0 bridgehead atoms. The number of aliphatic hydroxyl groups excluding tert-OH is 1. The molecule has 0 radical (unpaired) electrons. The van der Waals surface area contributed by atoms with Crippen LogP contribution in [0.4, 0.5) is 4.39 Å². The average Bonchev–Trinajstić information content (AvgIpc) is 2.52. The second kappa shape index (κ2) is 9.46. The van der Waals surface area contributed by atoms with Gasteiger partial charge in [-0.25, -0.2) is 17.9 Å². The Balaban J connectivity index is 0.00000338. The normalized spacial score (nSPS) is 22.5. The standard InChI is InChI=1S/C18H29FN2O3S.ClH/c1-18(2,11-13-6-8-16(9-7-13)25(20,23)24)21-12-17(22)14-4-3-5-15(19)10-14;/h3-5,10,13,16-17,21-22H,6-9,11-12H2,1-2H3,(H2,20,23,24);1H. The van der Waals surface area contributed by atoms with E-state index in [9.17, 15) is 17.9 Å². The summed E-state index contributed by atoms with van der Waals surface area (Å²) in [6.45, 7) is 4.47. The number of aliphatic hydroxyl groups is 1. The van der Waals surface area contributed by atoms with Crippen LogP contribution in [0.5, 0.6) is 0 Å². The molecule has 0 spiro atoms. The number of nitrogens with one attached hydrogen (secondary N) is 1. The number of nitrogens with two attached hydrogens (primary N) is 1. The molecule has 2 rings (SSSR count). The van der Waals surface area contributed by atoms with Gasteiger partial charge in [0.15, 0.2) is 0 Å². The predicted molar refractivity (Wildman–Crippen MR) is 104 cm³/mol. The van der Waals surface area contributed by atoms with Crippen molar-refractivity contribution in [3.8, 4) is 0 Å². The van der Waals surface area contributed by atoms with Crippen LogP contribution < -0.4 is 10.5 Å². The molecule has 0 saturated heterocycles. The molecule has 1 saturated carbocycles. The van der Waals surface area contributed by atoms with E-state index >= 15 is 0 Å². The van der Waals surface area contributed by atoms with Crippen molar-refractivity contribution in [2.75, 3.05) is 6.54 Å². The van der Waals surface area contributed by atoms with Gasteiger partial charge in [-0.05, 0) is 69.6 Å². The van der Waals surface area contributed by atoms with E-state index < -0.39 is 21.4 Å². The van der Waals surface area contributed by atoms with Gasteiger partial charge in [-0.15, -0.1) is 12.4 Å². The third-order valence-electron chi connectivity index (χ3n) is 5.06. The van der Waals surface area contributed by atoms with E-state index in [-0.39, 0.29) is 23.8 Å². The lowest BCUT2D eigenvalue weighted by Crippen LogP contribution is -2.44. The molecule has 0 amide bonds. The lowest BCUT2D eigenvalue weighted by atomic mass is 9.80. The van der Waals surface area contributed by atoms with Crippen LogP contribution in [-0.2, 0) is 10.0 Å². The Kier molecular flexibility index (Phi) is 8.48.